The van der Waals surface area contributed by atoms with Crippen molar-refractivity contribution in [1.29, 1.82) is 0 Å². The van der Waals surface area contributed by atoms with Crippen LogP contribution in [-0.4, -0.2) is 35.8 Å². The topological polar surface area (TPSA) is 23.6 Å². The van der Waals surface area contributed by atoms with Crippen molar-refractivity contribution in [3.8, 4) is 0 Å². The molecular formula is C19H21ClN2O. The molecule has 0 spiro atoms. The molecule has 0 fully saturated rings. The van der Waals surface area contributed by atoms with E-state index in [1.54, 1.807) is 0 Å². The molecule has 0 radical (unpaired) electrons. The van der Waals surface area contributed by atoms with E-state index >= 15 is 0 Å². The van der Waals surface area contributed by atoms with E-state index in [4.69, 9.17) is 11.6 Å². The van der Waals surface area contributed by atoms with Gasteiger partial charge in [-0.2, -0.15) is 0 Å². The first-order valence-corrected chi connectivity index (χ1v) is 8.27. The molecule has 1 aliphatic heterocycles. The number of carbonyl (C=O) groups is 1. The highest BCUT2D eigenvalue weighted by molar-refractivity contribution is 6.30. The van der Waals surface area contributed by atoms with Gasteiger partial charge in [0.05, 0.1) is 6.54 Å². The van der Waals surface area contributed by atoms with Crippen molar-refractivity contribution in [1.82, 2.24) is 9.80 Å². The molecule has 0 bridgehead atoms. The Balaban J connectivity index is 1.56. The minimum Gasteiger partial charge on any atom is -0.337 e. The molecule has 1 amide bonds. The molecule has 0 atom stereocenters. The summed E-state index contributed by atoms with van der Waals surface area (Å²) in [5.41, 5.74) is 3.80. The number of rotatable bonds is 4. The molecule has 4 heteroatoms. The lowest BCUT2D eigenvalue weighted by Crippen LogP contribution is -2.41. The molecular weight excluding hydrogens is 308 g/mol. The van der Waals surface area contributed by atoms with Crippen molar-refractivity contribution < 1.29 is 4.79 Å². The van der Waals surface area contributed by atoms with Crippen molar-refractivity contribution in [2.75, 3.05) is 20.1 Å². The molecule has 0 saturated heterocycles. The second-order valence-electron chi connectivity index (χ2n) is 6.13. The molecule has 0 aliphatic carbocycles. The minimum atomic E-state index is 0.191. The maximum absolute atomic E-state index is 12.5. The number of carbonyl (C=O) groups excluding carboxylic acids is 1. The average molecular weight is 329 g/mol. The lowest BCUT2D eigenvalue weighted by Gasteiger charge is -2.30. The fraction of sp³-hybridized carbons (Fsp3) is 0.316. The molecule has 23 heavy (non-hydrogen) atoms. The van der Waals surface area contributed by atoms with Gasteiger partial charge >= 0.3 is 0 Å². The van der Waals surface area contributed by atoms with Gasteiger partial charge in [0.1, 0.15) is 0 Å². The van der Waals surface area contributed by atoms with Crippen LogP contribution in [0.1, 0.15) is 16.7 Å². The fourth-order valence-electron chi connectivity index (χ4n) is 3.00. The molecule has 0 saturated carbocycles. The Kier molecular flexibility index (Phi) is 4.99. The molecule has 1 aliphatic rings. The molecule has 0 aromatic heterocycles. The van der Waals surface area contributed by atoms with Gasteiger partial charge in [-0.3, -0.25) is 9.69 Å². The van der Waals surface area contributed by atoms with E-state index in [-0.39, 0.29) is 5.91 Å². The Labute approximate surface area is 142 Å². The molecule has 0 N–H and O–H groups in total. The second kappa shape index (κ2) is 7.16. The van der Waals surface area contributed by atoms with Gasteiger partial charge in [-0.05, 0) is 42.3 Å². The van der Waals surface area contributed by atoms with Crippen LogP contribution in [0.15, 0.2) is 48.5 Å². The normalized spacial score (nSPS) is 14.0. The van der Waals surface area contributed by atoms with Crippen LogP contribution in [-0.2, 0) is 24.3 Å². The molecule has 2 aromatic rings. The summed E-state index contributed by atoms with van der Waals surface area (Å²) in [5, 5.41) is 0.736. The fourth-order valence-corrected chi connectivity index (χ4v) is 3.12. The summed E-state index contributed by atoms with van der Waals surface area (Å²) >= 11 is 5.90. The lowest BCUT2D eigenvalue weighted by molar-refractivity contribution is -0.133. The summed E-state index contributed by atoms with van der Waals surface area (Å²) in [4.78, 5) is 16.5. The van der Waals surface area contributed by atoms with Gasteiger partial charge in [0.15, 0.2) is 0 Å². The quantitative estimate of drug-likeness (QED) is 0.859. The van der Waals surface area contributed by atoms with E-state index in [9.17, 15) is 4.79 Å². The van der Waals surface area contributed by atoms with Crippen LogP contribution in [0, 0.1) is 0 Å². The third-order valence-corrected chi connectivity index (χ3v) is 4.51. The van der Waals surface area contributed by atoms with E-state index in [0.29, 0.717) is 6.54 Å². The minimum absolute atomic E-state index is 0.191. The molecule has 0 unspecified atom stereocenters. The predicted octanol–water partition coefficient (Wildman–Crippen LogP) is 3.36. The highest BCUT2D eigenvalue weighted by atomic mass is 35.5. The number of hydrogen-bond donors (Lipinski definition) is 0. The van der Waals surface area contributed by atoms with Gasteiger partial charge in [-0.15, -0.1) is 0 Å². The summed E-state index contributed by atoms with van der Waals surface area (Å²) in [7, 11) is 1.98. The highest BCUT2D eigenvalue weighted by Gasteiger charge is 2.21. The van der Waals surface area contributed by atoms with Crippen LogP contribution in [0.4, 0.5) is 0 Å². The Morgan fingerprint density at radius 2 is 1.83 bits per heavy atom. The predicted molar refractivity (Wildman–Crippen MR) is 93.3 cm³/mol. The van der Waals surface area contributed by atoms with Gasteiger partial charge in [-0.1, -0.05) is 48.0 Å². The summed E-state index contributed by atoms with van der Waals surface area (Å²) in [6, 6.07) is 16.1. The van der Waals surface area contributed by atoms with E-state index in [1.165, 1.54) is 11.1 Å². The Morgan fingerprint density at radius 1 is 1.13 bits per heavy atom. The zero-order chi connectivity index (χ0) is 16.2. The highest BCUT2D eigenvalue weighted by Crippen LogP contribution is 2.18. The number of hydrogen-bond acceptors (Lipinski definition) is 2. The second-order valence-corrected chi connectivity index (χ2v) is 6.57. The van der Waals surface area contributed by atoms with Gasteiger partial charge in [0, 0.05) is 24.7 Å². The van der Waals surface area contributed by atoms with Crippen molar-refractivity contribution in [2.24, 2.45) is 0 Å². The molecule has 120 valence electrons. The van der Waals surface area contributed by atoms with Crippen LogP contribution < -0.4 is 0 Å². The van der Waals surface area contributed by atoms with Crippen LogP contribution in [0.2, 0.25) is 5.02 Å². The Bertz CT molecular complexity index is 684. The zero-order valence-corrected chi connectivity index (χ0v) is 14.1. The largest absolute Gasteiger partial charge is 0.337 e. The zero-order valence-electron chi connectivity index (χ0n) is 13.3. The van der Waals surface area contributed by atoms with Gasteiger partial charge in [0.25, 0.3) is 0 Å². The number of benzene rings is 2. The maximum atomic E-state index is 12.5. The molecule has 3 nitrogen and oxygen atoms in total. The first-order chi connectivity index (χ1) is 11.1. The van der Waals surface area contributed by atoms with Crippen LogP contribution in [0.3, 0.4) is 0 Å². The third-order valence-electron chi connectivity index (χ3n) is 4.25. The van der Waals surface area contributed by atoms with Crippen LogP contribution >= 0.6 is 11.6 Å². The van der Waals surface area contributed by atoms with E-state index in [2.05, 4.69) is 18.2 Å². The summed E-state index contributed by atoms with van der Waals surface area (Å²) < 4.78 is 0. The summed E-state index contributed by atoms with van der Waals surface area (Å²) in [5.74, 6) is 0.191. The van der Waals surface area contributed by atoms with E-state index in [1.807, 2.05) is 47.2 Å². The SMILES string of the molecule is CN(CC(=O)N1CCc2ccccc2C1)Cc1ccc(Cl)cc1. The lowest BCUT2D eigenvalue weighted by atomic mass is 10.00. The number of nitrogens with zero attached hydrogens (tertiary/aromatic N) is 2. The van der Waals surface area contributed by atoms with E-state index < -0.39 is 0 Å². The van der Waals surface area contributed by atoms with Crippen LogP contribution in [0.5, 0.6) is 0 Å². The molecule has 3 rings (SSSR count). The van der Waals surface area contributed by atoms with Crippen LogP contribution in [0.25, 0.3) is 0 Å². The Hall–Kier alpha value is -1.84. The smallest absolute Gasteiger partial charge is 0.237 e. The van der Waals surface area contributed by atoms with Crippen molar-refractivity contribution in [3.05, 3.63) is 70.2 Å². The standard InChI is InChI=1S/C19H21ClN2O/c1-21(12-15-6-8-18(20)9-7-15)14-19(23)22-11-10-16-4-2-3-5-17(16)13-22/h2-9H,10-14H2,1H3. The maximum Gasteiger partial charge on any atom is 0.237 e. The number of fused-ring (bicyclic) bond motifs is 1. The first kappa shape index (κ1) is 16.0. The molecule has 1 heterocycles. The van der Waals surface area contributed by atoms with Crippen molar-refractivity contribution >= 4 is 17.5 Å². The monoisotopic (exact) mass is 328 g/mol. The summed E-state index contributed by atoms with van der Waals surface area (Å²) in [6.07, 6.45) is 0.947. The number of amides is 1. The first-order valence-electron chi connectivity index (χ1n) is 7.89. The summed E-state index contributed by atoms with van der Waals surface area (Å²) in [6.45, 7) is 2.71. The van der Waals surface area contributed by atoms with E-state index in [0.717, 1.165) is 36.6 Å². The van der Waals surface area contributed by atoms with Gasteiger partial charge in [0.2, 0.25) is 5.91 Å². The molecule has 2 aromatic carbocycles. The average Bonchev–Trinajstić information content (AvgIpc) is 2.56. The number of halogens is 1. The van der Waals surface area contributed by atoms with Gasteiger partial charge < -0.3 is 4.90 Å². The van der Waals surface area contributed by atoms with Gasteiger partial charge in [-0.25, -0.2) is 0 Å². The van der Waals surface area contributed by atoms with Crippen molar-refractivity contribution in [3.63, 3.8) is 0 Å². The number of likely N-dealkylation sites (N-methyl/N-ethyl adjacent to an activating group) is 1. The third kappa shape index (κ3) is 4.12. The van der Waals surface area contributed by atoms with Crippen molar-refractivity contribution in [2.45, 2.75) is 19.5 Å². The Morgan fingerprint density at radius 3 is 2.57 bits per heavy atom.